The average molecular weight is 337 g/mol. The molecule has 2 aromatic carbocycles. The molecule has 0 aliphatic heterocycles. The molecule has 3 nitrogen and oxygen atoms in total. The van der Waals surface area contributed by atoms with E-state index in [9.17, 15) is 4.79 Å². The number of hydrogen-bond acceptors (Lipinski definition) is 3. The smallest absolute Gasteiger partial charge is 0.196 e. The molecule has 4 heteroatoms. The van der Waals surface area contributed by atoms with Crippen LogP contribution in [0.15, 0.2) is 81.3 Å². The lowest BCUT2D eigenvalue weighted by molar-refractivity contribution is 0.103. The third-order valence-electron chi connectivity index (χ3n) is 3.51. The molecule has 0 amide bonds. The number of aromatic nitrogens is 1. The fraction of sp³-hybridized carbons (Fsp3) is 0.150. The maximum absolute atomic E-state index is 12.4. The van der Waals surface area contributed by atoms with Gasteiger partial charge in [-0.25, -0.2) is 0 Å². The van der Waals surface area contributed by atoms with Crippen molar-refractivity contribution in [2.45, 2.75) is 29.9 Å². The van der Waals surface area contributed by atoms with Crippen LogP contribution in [0.3, 0.4) is 0 Å². The molecule has 0 radical (unpaired) electrons. The second-order valence-electron chi connectivity index (χ2n) is 5.52. The summed E-state index contributed by atoms with van der Waals surface area (Å²) in [6, 6.07) is 21.5. The Labute approximate surface area is 145 Å². The molecule has 0 aliphatic carbocycles. The van der Waals surface area contributed by atoms with E-state index in [1.807, 2.05) is 67.6 Å². The van der Waals surface area contributed by atoms with Crippen LogP contribution in [0.1, 0.15) is 17.0 Å². The van der Waals surface area contributed by atoms with Crippen LogP contribution in [0.25, 0.3) is 0 Å². The van der Waals surface area contributed by atoms with Gasteiger partial charge in [-0.2, -0.15) is 0 Å². The first-order chi connectivity index (χ1) is 11.7. The number of aryl methyl sites for hydroxylation is 1. The van der Waals surface area contributed by atoms with Crippen molar-refractivity contribution in [2.24, 2.45) is 0 Å². The molecule has 1 heterocycles. The van der Waals surface area contributed by atoms with E-state index in [-0.39, 0.29) is 5.43 Å². The number of pyridine rings is 1. The summed E-state index contributed by atoms with van der Waals surface area (Å²) in [5.74, 6) is 0. The van der Waals surface area contributed by atoms with Gasteiger partial charge in [0.25, 0.3) is 0 Å². The van der Waals surface area contributed by atoms with Gasteiger partial charge in [-0.15, -0.1) is 0 Å². The Balaban J connectivity index is 1.77. The Morgan fingerprint density at radius 3 is 2.33 bits per heavy atom. The van der Waals surface area contributed by atoms with Crippen molar-refractivity contribution in [1.29, 1.82) is 0 Å². The first kappa shape index (κ1) is 16.6. The van der Waals surface area contributed by atoms with Crippen LogP contribution in [0.2, 0.25) is 0 Å². The molecule has 0 saturated heterocycles. The zero-order valence-electron chi connectivity index (χ0n) is 13.5. The quantitative estimate of drug-likeness (QED) is 0.717. The minimum Gasteiger partial charge on any atom is -0.371 e. The standard InChI is InChI=1S/C20H19NO2S/c1-15-12-19(22)20(24-17-10-6-3-7-11-17)18(21-15)14-23-13-16-8-4-2-5-9-16/h2-12H,13-14H2,1H3,(H,21,22). The van der Waals surface area contributed by atoms with Crippen molar-refractivity contribution < 1.29 is 4.74 Å². The van der Waals surface area contributed by atoms with Crippen LogP contribution in [-0.4, -0.2) is 4.98 Å². The summed E-state index contributed by atoms with van der Waals surface area (Å²) in [7, 11) is 0. The average Bonchev–Trinajstić information content (AvgIpc) is 2.60. The normalized spacial score (nSPS) is 10.7. The van der Waals surface area contributed by atoms with E-state index in [1.165, 1.54) is 11.8 Å². The molecule has 3 rings (SSSR count). The number of hydrogen-bond donors (Lipinski definition) is 1. The Bertz CT molecular complexity index is 845. The first-order valence-corrected chi connectivity index (χ1v) is 8.61. The lowest BCUT2D eigenvalue weighted by Gasteiger charge is -2.11. The number of nitrogens with one attached hydrogen (secondary N) is 1. The van der Waals surface area contributed by atoms with Gasteiger partial charge in [0.05, 0.1) is 23.8 Å². The third kappa shape index (κ3) is 4.37. The van der Waals surface area contributed by atoms with Crippen molar-refractivity contribution in [3.05, 3.63) is 93.9 Å². The summed E-state index contributed by atoms with van der Waals surface area (Å²) in [6.45, 7) is 2.78. The summed E-state index contributed by atoms with van der Waals surface area (Å²) in [4.78, 5) is 17.4. The van der Waals surface area contributed by atoms with Crippen LogP contribution in [0, 0.1) is 6.92 Å². The Hall–Kier alpha value is -2.30. The minimum atomic E-state index is 0.0263. The van der Waals surface area contributed by atoms with E-state index in [1.54, 1.807) is 6.07 Å². The number of ether oxygens (including phenoxy) is 1. The Morgan fingerprint density at radius 1 is 0.958 bits per heavy atom. The molecule has 3 aromatic rings. The van der Waals surface area contributed by atoms with Gasteiger partial charge in [0, 0.05) is 16.7 Å². The molecule has 24 heavy (non-hydrogen) atoms. The van der Waals surface area contributed by atoms with Gasteiger partial charge in [-0.05, 0) is 24.6 Å². The van der Waals surface area contributed by atoms with Crippen LogP contribution in [0.4, 0.5) is 0 Å². The molecular formula is C20H19NO2S. The highest BCUT2D eigenvalue weighted by Gasteiger charge is 2.11. The second-order valence-corrected chi connectivity index (χ2v) is 6.60. The number of rotatable bonds is 6. The summed E-state index contributed by atoms with van der Waals surface area (Å²) < 4.78 is 5.81. The Kier molecular flexibility index (Phi) is 5.51. The number of aromatic amines is 1. The van der Waals surface area contributed by atoms with Crippen molar-refractivity contribution >= 4 is 11.8 Å². The van der Waals surface area contributed by atoms with Crippen molar-refractivity contribution in [3.63, 3.8) is 0 Å². The van der Waals surface area contributed by atoms with E-state index >= 15 is 0 Å². The Morgan fingerprint density at radius 2 is 1.62 bits per heavy atom. The second kappa shape index (κ2) is 7.99. The molecule has 122 valence electrons. The topological polar surface area (TPSA) is 42.1 Å². The molecule has 0 fully saturated rings. The predicted octanol–water partition coefficient (Wildman–Crippen LogP) is 4.55. The van der Waals surface area contributed by atoms with Gasteiger partial charge in [0.1, 0.15) is 0 Å². The molecule has 0 unspecified atom stereocenters. The van der Waals surface area contributed by atoms with E-state index in [0.29, 0.717) is 18.1 Å². The SMILES string of the molecule is Cc1cc(=O)c(Sc2ccccc2)c(COCc2ccccc2)[nH]1. The van der Waals surface area contributed by atoms with E-state index < -0.39 is 0 Å². The maximum atomic E-state index is 12.4. The van der Waals surface area contributed by atoms with Gasteiger partial charge in [0.15, 0.2) is 5.43 Å². The van der Waals surface area contributed by atoms with Crippen molar-refractivity contribution in [1.82, 2.24) is 4.98 Å². The van der Waals surface area contributed by atoms with Crippen LogP contribution < -0.4 is 5.43 Å². The van der Waals surface area contributed by atoms with Crippen LogP contribution in [0.5, 0.6) is 0 Å². The molecule has 0 atom stereocenters. The van der Waals surface area contributed by atoms with E-state index in [4.69, 9.17) is 4.74 Å². The zero-order chi connectivity index (χ0) is 16.8. The molecular weight excluding hydrogens is 318 g/mol. The summed E-state index contributed by atoms with van der Waals surface area (Å²) in [6.07, 6.45) is 0. The highest BCUT2D eigenvalue weighted by molar-refractivity contribution is 7.99. The first-order valence-electron chi connectivity index (χ1n) is 7.80. The third-order valence-corrected chi connectivity index (χ3v) is 4.67. The van der Waals surface area contributed by atoms with E-state index in [0.717, 1.165) is 21.8 Å². The summed E-state index contributed by atoms with van der Waals surface area (Å²) in [5.41, 5.74) is 2.81. The van der Waals surface area contributed by atoms with Gasteiger partial charge in [0.2, 0.25) is 0 Å². The van der Waals surface area contributed by atoms with Crippen molar-refractivity contribution in [2.75, 3.05) is 0 Å². The number of H-pyrrole nitrogens is 1. The van der Waals surface area contributed by atoms with Gasteiger partial charge < -0.3 is 9.72 Å². The monoisotopic (exact) mass is 337 g/mol. The lowest BCUT2D eigenvalue weighted by atomic mass is 10.2. The molecule has 0 spiro atoms. The van der Waals surface area contributed by atoms with Gasteiger partial charge in [-0.3, -0.25) is 4.79 Å². The zero-order valence-corrected chi connectivity index (χ0v) is 14.3. The van der Waals surface area contributed by atoms with Crippen LogP contribution in [-0.2, 0) is 18.0 Å². The highest BCUT2D eigenvalue weighted by Crippen LogP contribution is 2.27. The maximum Gasteiger partial charge on any atom is 0.196 e. The number of benzene rings is 2. The fourth-order valence-electron chi connectivity index (χ4n) is 2.41. The predicted molar refractivity (Wildman–Crippen MR) is 97.3 cm³/mol. The molecule has 0 bridgehead atoms. The van der Waals surface area contributed by atoms with Gasteiger partial charge >= 0.3 is 0 Å². The highest BCUT2D eigenvalue weighted by atomic mass is 32.2. The van der Waals surface area contributed by atoms with Crippen LogP contribution >= 0.6 is 11.8 Å². The molecule has 0 saturated carbocycles. The minimum absolute atomic E-state index is 0.0263. The lowest BCUT2D eigenvalue weighted by Crippen LogP contribution is -2.11. The van der Waals surface area contributed by atoms with Gasteiger partial charge in [-0.1, -0.05) is 60.3 Å². The van der Waals surface area contributed by atoms with E-state index in [2.05, 4.69) is 4.98 Å². The van der Waals surface area contributed by atoms with Crippen molar-refractivity contribution in [3.8, 4) is 0 Å². The summed E-state index contributed by atoms with van der Waals surface area (Å²) in [5, 5.41) is 0. The molecule has 0 aliphatic rings. The summed E-state index contributed by atoms with van der Waals surface area (Å²) >= 11 is 1.47. The fourth-order valence-corrected chi connectivity index (χ4v) is 3.33. The molecule has 1 aromatic heterocycles. The largest absolute Gasteiger partial charge is 0.371 e. The molecule has 1 N–H and O–H groups in total.